The maximum atomic E-state index is 9.50. The van der Waals surface area contributed by atoms with E-state index in [9.17, 15) is 10.1 Å². The largest absolute Gasteiger partial charge is 0.263 e. The van der Waals surface area contributed by atoms with E-state index in [0.717, 1.165) is 0 Å². The van der Waals surface area contributed by atoms with E-state index >= 15 is 0 Å². The zero-order valence-electron chi connectivity index (χ0n) is 4.18. The van der Waals surface area contributed by atoms with Crippen LogP contribution in [0.5, 0.6) is 0 Å². The molecule has 0 aromatic heterocycles. The second-order valence-corrected chi connectivity index (χ2v) is 1.09. The molecule has 0 aromatic rings. The predicted molar refractivity (Wildman–Crippen MR) is 25.5 cm³/mol. The second-order valence-electron chi connectivity index (χ2n) is 1.09. The van der Waals surface area contributed by atoms with Gasteiger partial charge in [0, 0.05) is 4.92 Å². The molecule has 4 heteroatoms. The first-order valence-corrected chi connectivity index (χ1v) is 2.10. The van der Waals surface area contributed by atoms with Gasteiger partial charge < -0.3 is 0 Å². The number of nitrogens with zero attached hydrogens (tertiary/aromatic N) is 1. The summed E-state index contributed by atoms with van der Waals surface area (Å²) in [4.78, 5) is 9.10. The zero-order chi connectivity index (χ0) is 5.70. The van der Waals surface area contributed by atoms with E-state index in [4.69, 9.17) is 0 Å². The Labute approximate surface area is 41.7 Å². The molecule has 42 valence electrons. The highest BCUT2D eigenvalue weighted by Crippen LogP contribution is 1.58. The van der Waals surface area contributed by atoms with Crippen molar-refractivity contribution in [3.05, 3.63) is 10.1 Å². The average molecular weight is 104 g/mol. The van der Waals surface area contributed by atoms with E-state index in [1.54, 1.807) is 0 Å². The van der Waals surface area contributed by atoms with Crippen molar-refractivity contribution >= 4 is 0 Å². The van der Waals surface area contributed by atoms with Gasteiger partial charge in [-0.2, -0.15) is 0 Å². The molecule has 0 aliphatic heterocycles. The van der Waals surface area contributed by atoms with E-state index in [1.165, 1.54) is 0 Å². The molecular formula is C3H8N2O2. The van der Waals surface area contributed by atoms with E-state index < -0.39 is 4.92 Å². The van der Waals surface area contributed by atoms with Gasteiger partial charge in [0.05, 0.1) is 0 Å². The molecule has 0 unspecified atom stereocenters. The summed E-state index contributed by atoms with van der Waals surface area (Å²) in [6.45, 7) is 2.35. The molecule has 0 spiro atoms. The molecule has 0 aliphatic carbocycles. The normalized spacial score (nSPS) is 8.71. The minimum absolute atomic E-state index is 0.128. The van der Waals surface area contributed by atoms with Crippen molar-refractivity contribution in [1.29, 1.82) is 0 Å². The first-order chi connectivity index (χ1) is 3.27. The first-order valence-electron chi connectivity index (χ1n) is 2.10. The molecule has 0 saturated heterocycles. The summed E-state index contributed by atoms with van der Waals surface area (Å²) in [6.07, 6.45) is 0. The van der Waals surface area contributed by atoms with Crippen LogP contribution < -0.4 is 5.32 Å². The van der Waals surface area contributed by atoms with Gasteiger partial charge in [-0.1, -0.05) is 6.92 Å². The van der Waals surface area contributed by atoms with Crippen LogP contribution in [0.1, 0.15) is 6.92 Å². The highest BCUT2D eigenvalue weighted by molar-refractivity contribution is 4.24. The third-order valence-corrected chi connectivity index (χ3v) is 0.491. The van der Waals surface area contributed by atoms with Gasteiger partial charge in [-0.05, 0) is 6.54 Å². The Morgan fingerprint density at radius 3 is 2.57 bits per heavy atom. The van der Waals surface area contributed by atoms with E-state index in [0.29, 0.717) is 6.54 Å². The highest BCUT2D eigenvalue weighted by atomic mass is 16.6. The number of rotatable bonds is 3. The quantitative estimate of drug-likeness (QED) is 0.307. The minimum Gasteiger partial charge on any atom is -0.263 e. The predicted octanol–water partition coefficient (Wildman–Crippen LogP) is -0.170. The molecule has 1 N–H and O–H groups in total. The fraction of sp³-hybridized carbons (Fsp3) is 1.00. The molecule has 4 nitrogen and oxygen atoms in total. The Hall–Kier alpha value is -0.640. The van der Waals surface area contributed by atoms with Crippen molar-refractivity contribution in [2.24, 2.45) is 0 Å². The zero-order valence-corrected chi connectivity index (χ0v) is 4.18. The van der Waals surface area contributed by atoms with Crippen LogP contribution in [0.15, 0.2) is 0 Å². The molecule has 0 rings (SSSR count). The number of hydrogen-bond donors (Lipinski definition) is 1. The molecule has 0 saturated carbocycles. The Morgan fingerprint density at radius 2 is 2.43 bits per heavy atom. The van der Waals surface area contributed by atoms with Crippen molar-refractivity contribution in [1.82, 2.24) is 5.32 Å². The summed E-state index contributed by atoms with van der Waals surface area (Å²) in [5.41, 5.74) is 0. The van der Waals surface area contributed by atoms with Gasteiger partial charge in [0.2, 0.25) is 0 Å². The lowest BCUT2D eigenvalue weighted by molar-refractivity contribution is -0.485. The van der Waals surface area contributed by atoms with Crippen molar-refractivity contribution in [2.45, 2.75) is 6.92 Å². The standard InChI is InChI=1S/C3H8N2O2/c1-2-4-3-5(6)7/h4H,2-3H2,1H3. The fourth-order valence-corrected chi connectivity index (χ4v) is 0.203. The molecule has 0 heterocycles. The summed E-state index contributed by atoms with van der Waals surface area (Å²) in [5, 5.41) is 12.0. The van der Waals surface area contributed by atoms with E-state index in [2.05, 4.69) is 5.32 Å². The van der Waals surface area contributed by atoms with Crippen LogP contribution in [0, 0.1) is 10.1 Å². The molecule has 0 radical (unpaired) electrons. The third-order valence-electron chi connectivity index (χ3n) is 0.491. The lowest BCUT2D eigenvalue weighted by atomic mass is 10.8. The van der Waals surface area contributed by atoms with Gasteiger partial charge in [0.15, 0.2) is 0 Å². The minimum atomic E-state index is -0.399. The van der Waals surface area contributed by atoms with Crippen LogP contribution in [0.4, 0.5) is 0 Å². The highest BCUT2D eigenvalue weighted by Gasteiger charge is 1.87. The second kappa shape index (κ2) is 3.55. The Morgan fingerprint density at radius 1 is 1.86 bits per heavy atom. The molecule has 0 atom stereocenters. The van der Waals surface area contributed by atoms with Crippen LogP contribution in [-0.4, -0.2) is 18.1 Å². The van der Waals surface area contributed by atoms with Crippen molar-refractivity contribution < 1.29 is 4.92 Å². The van der Waals surface area contributed by atoms with Crippen LogP contribution in [-0.2, 0) is 0 Å². The van der Waals surface area contributed by atoms with E-state index in [1.807, 2.05) is 6.92 Å². The molecule has 7 heavy (non-hydrogen) atoms. The monoisotopic (exact) mass is 104 g/mol. The maximum absolute atomic E-state index is 9.50. The SMILES string of the molecule is CCNC[N+](=O)[O-]. The molecule has 0 aromatic carbocycles. The Bertz CT molecular complexity index is 64.0. The van der Waals surface area contributed by atoms with Crippen molar-refractivity contribution in [3.63, 3.8) is 0 Å². The number of hydrogen-bond acceptors (Lipinski definition) is 3. The van der Waals surface area contributed by atoms with Crippen LogP contribution >= 0.6 is 0 Å². The molecule has 0 aliphatic rings. The summed E-state index contributed by atoms with van der Waals surface area (Å²) in [7, 11) is 0. The topological polar surface area (TPSA) is 55.2 Å². The molecule has 0 amide bonds. The lowest BCUT2D eigenvalue weighted by Crippen LogP contribution is -2.20. The average Bonchev–Trinajstić information content (AvgIpc) is 1.61. The van der Waals surface area contributed by atoms with E-state index in [-0.39, 0.29) is 6.67 Å². The third kappa shape index (κ3) is 5.36. The summed E-state index contributed by atoms with van der Waals surface area (Å²) < 4.78 is 0. The van der Waals surface area contributed by atoms with Gasteiger partial charge >= 0.3 is 0 Å². The molecule has 0 fully saturated rings. The maximum Gasteiger partial charge on any atom is 0.256 e. The fourth-order valence-electron chi connectivity index (χ4n) is 0.203. The summed E-state index contributed by atoms with van der Waals surface area (Å²) in [5.74, 6) is 0. The van der Waals surface area contributed by atoms with Gasteiger partial charge in [0.1, 0.15) is 0 Å². The number of nitro groups is 1. The smallest absolute Gasteiger partial charge is 0.256 e. The van der Waals surface area contributed by atoms with Gasteiger partial charge in [-0.25, -0.2) is 0 Å². The lowest BCUT2D eigenvalue weighted by Gasteiger charge is -1.88. The van der Waals surface area contributed by atoms with Crippen LogP contribution in [0.2, 0.25) is 0 Å². The van der Waals surface area contributed by atoms with Crippen LogP contribution in [0.25, 0.3) is 0 Å². The molecule has 0 bridgehead atoms. The van der Waals surface area contributed by atoms with Gasteiger partial charge in [-0.15, -0.1) is 0 Å². The van der Waals surface area contributed by atoms with Gasteiger partial charge in [-0.3, -0.25) is 15.4 Å². The van der Waals surface area contributed by atoms with Crippen LogP contribution in [0.3, 0.4) is 0 Å². The Kier molecular flexibility index (Phi) is 3.22. The van der Waals surface area contributed by atoms with Crippen molar-refractivity contribution in [2.75, 3.05) is 13.2 Å². The first kappa shape index (κ1) is 6.36. The van der Waals surface area contributed by atoms with Gasteiger partial charge in [0.25, 0.3) is 6.67 Å². The number of nitrogens with one attached hydrogen (secondary N) is 1. The Balaban J connectivity index is 2.82. The van der Waals surface area contributed by atoms with Crippen molar-refractivity contribution in [3.8, 4) is 0 Å². The molecular weight excluding hydrogens is 96.0 g/mol. The summed E-state index contributed by atoms with van der Waals surface area (Å²) in [6, 6.07) is 0. The summed E-state index contributed by atoms with van der Waals surface area (Å²) >= 11 is 0.